The van der Waals surface area contributed by atoms with Gasteiger partial charge in [-0.3, -0.25) is 0 Å². The number of benzene rings is 1. The molecule has 3 N–H and O–H groups in total. The Balaban J connectivity index is 1.73. The van der Waals surface area contributed by atoms with Crippen molar-refractivity contribution in [2.45, 2.75) is 6.54 Å². The van der Waals surface area contributed by atoms with Crippen molar-refractivity contribution in [3.05, 3.63) is 42.2 Å². The van der Waals surface area contributed by atoms with Gasteiger partial charge in [0.2, 0.25) is 5.88 Å². The molecule has 2 amide bonds. The standard InChI is InChI=1S/C17H22N6O2/c1-22-6-8-23(9-7-22)15-10-16(21-12-20-15)25-14-5-3-2-4-13(14)11-19-17(18)24/h2-5,10,12H,6-9,11H2,1H3,(H3,18,19,24). The van der Waals surface area contributed by atoms with Crippen molar-refractivity contribution in [1.82, 2.24) is 20.2 Å². The minimum atomic E-state index is -0.575. The van der Waals surface area contributed by atoms with E-state index in [9.17, 15) is 4.79 Å². The van der Waals surface area contributed by atoms with Crippen LogP contribution in [0.2, 0.25) is 0 Å². The number of primary amides is 1. The number of amides is 2. The van der Waals surface area contributed by atoms with Crippen LogP contribution in [0.4, 0.5) is 10.6 Å². The number of aromatic nitrogens is 2. The third-order valence-electron chi connectivity index (χ3n) is 4.10. The lowest BCUT2D eigenvalue weighted by Gasteiger charge is -2.33. The molecule has 0 spiro atoms. The van der Waals surface area contributed by atoms with Gasteiger partial charge in [-0.15, -0.1) is 0 Å². The van der Waals surface area contributed by atoms with E-state index in [1.165, 1.54) is 6.33 Å². The van der Waals surface area contributed by atoms with Crippen molar-refractivity contribution in [3.8, 4) is 11.6 Å². The maximum absolute atomic E-state index is 10.9. The molecule has 0 saturated carbocycles. The highest BCUT2D eigenvalue weighted by Crippen LogP contribution is 2.26. The summed E-state index contributed by atoms with van der Waals surface area (Å²) in [5, 5.41) is 2.57. The zero-order valence-electron chi connectivity index (χ0n) is 14.2. The smallest absolute Gasteiger partial charge is 0.312 e. The summed E-state index contributed by atoms with van der Waals surface area (Å²) in [5.74, 6) is 1.94. The fourth-order valence-corrected chi connectivity index (χ4v) is 2.64. The summed E-state index contributed by atoms with van der Waals surface area (Å²) in [6, 6.07) is 8.70. The molecule has 0 bridgehead atoms. The van der Waals surface area contributed by atoms with Crippen LogP contribution >= 0.6 is 0 Å². The van der Waals surface area contributed by atoms with Gasteiger partial charge in [0.05, 0.1) is 0 Å². The van der Waals surface area contributed by atoms with Crippen LogP contribution in [0.5, 0.6) is 11.6 Å². The van der Waals surface area contributed by atoms with E-state index in [4.69, 9.17) is 10.5 Å². The molecule has 0 radical (unpaired) electrons. The molecule has 8 nitrogen and oxygen atoms in total. The maximum atomic E-state index is 10.9. The number of anilines is 1. The van der Waals surface area contributed by atoms with E-state index in [-0.39, 0.29) is 0 Å². The normalized spacial score (nSPS) is 15.0. The maximum Gasteiger partial charge on any atom is 0.312 e. The van der Waals surface area contributed by atoms with Crippen LogP contribution in [0.15, 0.2) is 36.7 Å². The molecule has 1 aromatic heterocycles. The highest BCUT2D eigenvalue weighted by atomic mass is 16.5. The second-order valence-electron chi connectivity index (χ2n) is 5.93. The average molecular weight is 342 g/mol. The average Bonchev–Trinajstić information content (AvgIpc) is 2.62. The van der Waals surface area contributed by atoms with E-state index in [0.29, 0.717) is 18.2 Å². The molecule has 0 atom stereocenters. The Morgan fingerprint density at radius 3 is 2.76 bits per heavy atom. The fourth-order valence-electron chi connectivity index (χ4n) is 2.64. The minimum absolute atomic E-state index is 0.294. The number of carbonyl (C=O) groups excluding carboxylic acids is 1. The molecule has 1 aliphatic heterocycles. The molecule has 2 heterocycles. The molecular weight excluding hydrogens is 320 g/mol. The summed E-state index contributed by atoms with van der Waals surface area (Å²) < 4.78 is 5.91. The molecule has 1 saturated heterocycles. The Morgan fingerprint density at radius 2 is 2.00 bits per heavy atom. The van der Waals surface area contributed by atoms with E-state index in [1.807, 2.05) is 30.3 Å². The lowest BCUT2D eigenvalue weighted by Crippen LogP contribution is -2.44. The van der Waals surface area contributed by atoms with E-state index in [1.54, 1.807) is 0 Å². The molecule has 1 aromatic carbocycles. The third-order valence-corrected chi connectivity index (χ3v) is 4.10. The van der Waals surface area contributed by atoms with Crippen LogP contribution in [0, 0.1) is 0 Å². The zero-order chi connectivity index (χ0) is 17.6. The third kappa shape index (κ3) is 4.57. The quantitative estimate of drug-likeness (QED) is 0.847. The molecule has 0 unspecified atom stereocenters. The van der Waals surface area contributed by atoms with Crippen molar-refractivity contribution < 1.29 is 9.53 Å². The number of nitrogens with zero attached hydrogens (tertiary/aromatic N) is 4. The number of para-hydroxylation sites is 1. The first-order valence-electron chi connectivity index (χ1n) is 8.16. The van der Waals surface area contributed by atoms with Gasteiger partial charge >= 0.3 is 6.03 Å². The Labute approximate surface area is 146 Å². The number of urea groups is 1. The number of hydrogen-bond acceptors (Lipinski definition) is 6. The molecule has 1 fully saturated rings. The van der Waals surface area contributed by atoms with Crippen LogP contribution in [-0.4, -0.2) is 54.1 Å². The Hall–Kier alpha value is -2.87. The van der Waals surface area contributed by atoms with E-state index in [2.05, 4.69) is 32.1 Å². The van der Waals surface area contributed by atoms with Gasteiger partial charge in [-0.1, -0.05) is 18.2 Å². The van der Waals surface area contributed by atoms with Crippen molar-refractivity contribution in [1.29, 1.82) is 0 Å². The first kappa shape index (κ1) is 17.0. The van der Waals surface area contributed by atoms with Crippen molar-refractivity contribution in [2.75, 3.05) is 38.1 Å². The summed E-state index contributed by atoms with van der Waals surface area (Å²) in [4.78, 5) is 24.0. The number of rotatable bonds is 5. The molecule has 132 valence electrons. The van der Waals surface area contributed by atoms with E-state index < -0.39 is 6.03 Å². The van der Waals surface area contributed by atoms with Crippen LogP contribution < -0.4 is 20.7 Å². The summed E-state index contributed by atoms with van der Waals surface area (Å²) in [6.07, 6.45) is 1.51. The molecule has 0 aliphatic carbocycles. The minimum Gasteiger partial charge on any atom is -0.438 e. The van der Waals surface area contributed by atoms with Gasteiger partial charge in [0.25, 0.3) is 0 Å². The lowest BCUT2D eigenvalue weighted by molar-refractivity contribution is 0.248. The summed E-state index contributed by atoms with van der Waals surface area (Å²) in [7, 11) is 2.11. The van der Waals surface area contributed by atoms with E-state index in [0.717, 1.165) is 37.6 Å². The first-order chi connectivity index (χ1) is 12.1. The van der Waals surface area contributed by atoms with Crippen LogP contribution in [0.25, 0.3) is 0 Å². The van der Waals surface area contributed by atoms with Gasteiger partial charge < -0.3 is 25.6 Å². The zero-order valence-corrected chi connectivity index (χ0v) is 14.2. The predicted molar refractivity (Wildman–Crippen MR) is 94.7 cm³/mol. The molecular formula is C17H22N6O2. The van der Waals surface area contributed by atoms with Crippen molar-refractivity contribution in [2.24, 2.45) is 5.73 Å². The fraction of sp³-hybridized carbons (Fsp3) is 0.353. The number of likely N-dealkylation sites (N-methyl/N-ethyl adjacent to an activating group) is 1. The number of hydrogen-bond donors (Lipinski definition) is 2. The monoisotopic (exact) mass is 342 g/mol. The number of piperazine rings is 1. The summed E-state index contributed by atoms with van der Waals surface area (Å²) in [5.41, 5.74) is 5.96. The molecule has 3 rings (SSSR count). The topological polar surface area (TPSA) is 96.6 Å². The van der Waals surface area contributed by atoms with Gasteiger partial charge in [0.1, 0.15) is 17.9 Å². The molecule has 1 aliphatic rings. The van der Waals surface area contributed by atoms with Crippen LogP contribution in [0.1, 0.15) is 5.56 Å². The first-order valence-corrected chi connectivity index (χ1v) is 8.16. The second-order valence-corrected chi connectivity index (χ2v) is 5.93. The SMILES string of the molecule is CN1CCN(c2cc(Oc3ccccc3CNC(N)=O)ncn2)CC1. The lowest BCUT2D eigenvalue weighted by atomic mass is 10.2. The number of ether oxygens (including phenoxy) is 1. The van der Waals surface area contributed by atoms with Gasteiger partial charge in [-0.05, 0) is 13.1 Å². The van der Waals surface area contributed by atoms with Gasteiger partial charge in [0.15, 0.2) is 0 Å². The van der Waals surface area contributed by atoms with E-state index >= 15 is 0 Å². The van der Waals surface area contributed by atoms with Crippen LogP contribution in [0.3, 0.4) is 0 Å². The molecule has 2 aromatic rings. The van der Waals surface area contributed by atoms with Crippen molar-refractivity contribution >= 4 is 11.8 Å². The number of nitrogens with one attached hydrogen (secondary N) is 1. The highest BCUT2D eigenvalue weighted by Gasteiger charge is 2.16. The molecule has 25 heavy (non-hydrogen) atoms. The number of nitrogens with two attached hydrogens (primary N) is 1. The Kier molecular flexibility index (Phi) is 5.30. The van der Waals surface area contributed by atoms with Gasteiger partial charge in [-0.2, -0.15) is 0 Å². The Morgan fingerprint density at radius 1 is 1.24 bits per heavy atom. The predicted octanol–water partition coefficient (Wildman–Crippen LogP) is 1.19. The Bertz CT molecular complexity index is 731. The second kappa shape index (κ2) is 7.80. The van der Waals surface area contributed by atoms with Crippen molar-refractivity contribution in [3.63, 3.8) is 0 Å². The largest absolute Gasteiger partial charge is 0.438 e. The summed E-state index contributed by atoms with van der Waals surface area (Å²) >= 11 is 0. The number of carbonyl (C=O) groups is 1. The molecule has 8 heteroatoms. The summed E-state index contributed by atoms with van der Waals surface area (Å²) in [6.45, 7) is 4.14. The highest BCUT2D eigenvalue weighted by molar-refractivity contribution is 5.71. The van der Waals surface area contributed by atoms with Gasteiger partial charge in [0, 0.05) is 44.4 Å². The van der Waals surface area contributed by atoms with Crippen LogP contribution in [-0.2, 0) is 6.54 Å². The van der Waals surface area contributed by atoms with Gasteiger partial charge in [-0.25, -0.2) is 14.8 Å².